The fourth-order valence-electron chi connectivity index (χ4n) is 9.28. The molecule has 0 aliphatic heterocycles. The summed E-state index contributed by atoms with van der Waals surface area (Å²) in [5.74, 6) is -0.261. The molecular formula is C51H36FN3. The number of anilines is 3. The van der Waals surface area contributed by atoms with E-state index in [-0.39, 0.29) is 11.2 Å². The lowest BCUT2D eigenvalue weighted by molar-refractivity contribution is 0.627. The number of benzene rings is 8. The van der Waals surface area contributed by atoms with Gasteiger partial charge in [0.25, 0.3) is 0 Å². The van der Waals surface area contributed by atoms with Crippen LogP contribution in [0.1, 0.15) is 25.0 Å². The van der Waals surface area contributed by atoms with Crippen LogP contribution in [0.15, 0.2) is 182 Å². The Bertz CT molecular complexity index is 3150. The SMILES string of the molecule is CC1(C)c2ccccc2-c2ccc(N(c3ccc4c5ccccc5n(-c5cccc(F)c5)c4c3)c3cccc4c5ccccc5n(-c5ccccc5)c34)cc21. The molecule has 0 unspecified atom stereocenters. The van der Waals surface area contributed by atoms with Gasteiger partial charge in [0, 0.05) is 49.7 Å². The van der Waals surface area contributed by atoms with Gasteiger partial charge < -0.3 is 14.0 Å². The summed E-state index contributed by atoms with van der Waals surface area (Å²) in [5, 5.41) is 4.63. The normalized spacial score (nSPS) is 13.1. The standard InChI is InChI=1S/C51H36FN3/c1-51(2)44-22-9-6-18-38(44)39-28-26-36(31-45(39)51)53(48-25-13-21-43-41-20-8-11-24-47(41)55(50(43)48)34-15-4-3-5-16-34)37-27-29-42-40-19-7-10-23-46(40)54(49(42)32-37)35-17-12-14-33(52)30-35/h3-32H,1-2H3. The Morgan fingerprint density at radius 3 is 1.85 bits per heavy atom. The van der Waals surface area contributed by atoms with E-state index in [0.717, 1.165) is 61.3 Å². The molecule has 0 atom stereocenters. The summed E-state index contributed by atoms with van der Waals surface area (Å²) in [5.41, 5.74) is 14.4. The van der Waals surface area contributed by atoms with E-state index in [9.17, 15) is 4.39 Å². The molecule has 0 N–H and O–H groups in total. The highest BCUT2D eigenvalue weighted by atomic mass is 19.1. The Labute approximate surface area is 318 Å². The first-order valence-corrected chi connectivity index (χ1v) is 18.9. The van der Waals surface area contributed by atoms with Crippen LogP contribution in [0.3, 0.4) is 0 Å². The zero-order valence-corrected chi connectivity index (χ0v) is 30.5. The van der Waals surface area contributed by atoms with Gasteiger partial charge in [0.05, 0.1) is 27.8 Å². The smallest absolute Gasteiger partial charge is 0.125 e. The first-order valence-electron chi connectivity index (χ1n) is 18.9. The third-order valence-electron chi connectivity index (χ3n) is 11.7. The second-order valence-electron chi connectivity index (χ2n) is 15.1. The van der Waals surface area contributed by atoms with Crippen LogP contribution in [-0.2, 0) is 5.41 Å². The third-order valence-corrected chi connectivity index (χ3v) is 11.7. The van der Waals surface area contributed by atoms with Crippen molar-refractivity contribution in [3.05, 3.63) is 199 Å². The number of nitrogens with zero attached hydrogens (tertiary/aromatic N) is 3. The topological polar surface area (TPSA) is 13.1 Å². The van der Waals surface area contributed by atoms with E-state index in [2.05, 4.69) is 186 Å². The molecule has 2 aromatic heterocycles. The van der Waals surface area contributed by atoms with Crippen LogP contribution in [0.5, 0.6) is 0 Å². The molecule has 0 spiro atoms. The summed E-state index contributed by atoms with van der Waals surface area (Å²) in [6.07, 6.45) is 0. The Morgan fingerprint density at radius 1 is 0.436 bits per heavy atom. The maximum atomic E-state index is 14.9. The fourth-order valence-corrected chi connectivity index (χ4v) is 9.28. The predicted molar refractivity (Wildman–Crippen MR) is 227 cm³/mol. The van der Waals surface area contributed by atoms with Gasteiger partial charge in [-0.3, -0.25) is 0 Å². The average molecular weight is 710 g/mol. The minimum absolute atomic E-state index is 0.174. The maximum Gasteiger partial charge on any atom is 0.125 e. The Balaban J connectivity index is 1.24. The quantitative estimate of drug-likeness (QED) is 0.173. The Hall–Kier alpha value is -6.91. The van der Waals surface area contributed by atoms with E-state index < -0.39 is 0 Å². The summed E-state index contributed by atoms with van der Waals surface area (Å²) in [7, 11) is 0. The van der Waals surface area contributed by atoms with Crippen molar-refractivity contribution in [2.75, 3.05) is 4.90 Å². The number of aromatic nitrogens is 2. The van der Waals surface area contributed by atoms with E-state index in [1.807, 2.05) is 6.07 Å². The Kier molecular flexibility index (Phi) is 6.78. The molecule has 1 aliphatic rings. The molecule has 0 saturated carbocycles. The van der Waals surface area contributed by atoms with Crippen molar-refractivity contribution in [2.45, 2.75) is 19.3 Å². The first kappa shape index (κ1) is 31.6. The molecule has 11 rings (SSSR count). The van der Waals surface area contributed by atoms with Gasteiger partial charge in [-0.05, 0) is 95.1 Å². The van der Waals surface area contributed by atoms with Gasteiger partial charge in [-0.25, -0.2) is 4.39 Å². The molecule has 2 heterocycles. The van der Waals surface area contributed by atoms with Crippen molar-refractivity contribution in [1.82, 2.24) is 9.13 Å². The molecule has 0 amide bonds. The van der Waals surface area contributed by atoms with E-state index in [4.69, 9.17) is 0 Å². The summed E-state index contributed by atoms with van der Waals surface area (Å²) < 4.78 is 19.5. The van der Waals surface area contributed by atoms with Crippen LogP contribution >= 0.6 is 0 Å². The minimum atomic E-state index is -0.261. The molecule has 0 saturated heterocycles. The van der Waals surface area contributed by atoms with Crippen LogP contribution in [-0.4, -0.2) is 9.13 Å². The number of hydrogen-bond acceptors (Lipinski definition) is 1. The van der Waals surface area contributed by atoms with Crippen LogP contribution in [0.4, 0.5) is 21.5 Å². The molecular weight excluding hydrogens is 674 g/mol. The number of halogens is 1. The lowest BCUT2D eigenvalue weighted by Gasteiger charge is -2.29. The fraction of sp³-hybridized carbons (Fsp3) is 0.0588. The molecule has 0 fully saturated rings. The van der Waals surface area contributed by atoms with Crippen LogP contribution in [0.2, 0.25) is 0 Å². The summed E-state index contributed by atoms with van der Waals surface area (Å²) >= 11 is 0. The summed E-state index contributed by atoms with van der Waals surface area (Å²) in [4.78, 5) is 2.42. The summed E-state index contributed by atoms with van der Waals surface area (Å²) in [6, 6.07) is 63.9. The Morgan fingerprint density at radius 2 is 1.04 bits per heavy atom. The van der Waals surface area contributed by atoms with Gasteiger partial charge in [0.1, 0.15) is 5.82 Å². The largest absolute Gasteiger partial charge is 0.309 e. The lowest BCUT2D eigenvalue weighted by Crippen LogP contribution is -2.17. The van der Waals surface area contributed by atoms with Crippen molar-refractivity contribution in [3.63, 3.8) is 0 Å². The monoisotopic (exact) mass is 709 g/mol. The molecule has 262 valence electrons. The predicted octanol–water partition coefficient (Wildman–Crippen LogP) is 13.8. The van der Waals surface area contributed by atoms with Gasteiger partial charge in [-0.2, -0.15) is 0 Å². The van der Waals surface area contributed by atoms with Gasteiger partial charge in [0.2, 0.25) is 0 Å². The van der Waals surface area contributed by atoms with Crippen molar-refractivity contribution >= 4 is 60.7 Å². The molecule has 8 aromatic carbocycles. The van der Waals surface area contributed by atoms with Crippen LogP contribution < -0.4 is 4.90 Å². The van der Waals surface area contributed by atoms with Gasteiger partial charge in [-0.1, -0.05) is 123 Å². The zero-order chi connectivity index (χ0) is 36.8. The molecule has 10 aromatic rings. The van der Waals surface area contributed by atoms with E-state index >= 15 is 0 Å². The molecule has 3 nitrogen and oxygen atoms in total. The second kappa shape index (κ2) is 11.8. The average Bonchev–Trinajstić information content (AvgIpc) is 3.82. The molecule has 1 aliphatic carbocycles. The molecule has 0 bridgehead atoms. The number of rotatable bonds is 5. The number of fused-ring (bicyclic) bond motifs is 9. The van der Waals surface area contributed by atoms with Crippen molar-refractivity contribution < 1.29 is 4.39 Å². The number of hydrogen-bond donors (Lipinski definition) is 0. The highest BCUT2D eigenvalue weighted by Gasteiger charge is 2.36. The molecule has 4 heteroatoms. The van der Waals surface area contributed by atoms with Crippen LogP contribution in [0, 0.1) is 5.82 Å². The van der Waals surface area contributed by atoms with Gasteiger partial charge >= 0.3 is 0 Å². The van der Waals surface area contributed by atoms with E-state index in [1.165, 1.54) is 39.1 Å². The van der Waals surface area contributed by atoms with Crippen molar-refractivity contribution in [3.8, 4) is 22.5 Å². The second-order valence-corrected chi connectivity index (χ2v) is 15.1. The minimum Gasteiger partial charge on any atom is -0.309 e. The molecule has 0 radical (unpaired) electrons. The first-order chi connectivity index (χ1) is 27.0. The van der Waals surface area contributed by atoms with E-state index in [0.29, 0.717) is 0 Å². The van der Waals surface area contributed by atoms with Gasteiger partial charge in [-0.15, -0.1) is 0 Å². The van der Waals surface area contributed by atoms with Crippen molar-refractivity contribution in [2.24, 2.45) is 0 Å². The molecule has 55 heavy (non-hydrogen) atoms. The zero-order valence-electron chi connectivity index (χ0n) is 30.5. The van der Waals surface area contributed by atoms with E-state index in [1.54, 1.807) is 12.1 Å². The lowest BCUT2D eigenvalue weighted by atomic mass is 9.82. The van der Waals surface area contributed by atoms with Crippen LogP contribution in [0.25, 0.3) is 66.1 Å². The van der Waals surface area contributed by atoms with Crippen molar-refractivity contribution in [1.29, 1.82) is 0 Å². The highest BCUT2D eigenvalue weighted by molar-refractivity contribution is 6.15. The third kappa shape index (κ3) is 4.61. The summed E-state index contributed by atoms with van der Waals surface area (Å²) in [6.45, 7) is 4.67. The van der Waals surface area contributed by atoms with Gasteiger partial charge in [0.15, 0.2) is 0 Å². The highest BCUT2D eigenvalue weighted by Crippen LogP contribution is 2.52. The maximum absolute atomic E-state index is 14.9. The number of para-hydroxylation sites is 4.